The summed E-state index contributed by atoms with van der Waals surface area (Å²) >= 11 is 1.58. The average Bonchev–Trinajstić information content (AvgIpc) is 3.34. The summed E-state index contributed by atoms with van der Waals surface area (Å²) in [5.41, 5.74) is 4.46. The predicted molar refractivity (Wildman–Crippen MR) is 121 cm³/mol. The van der Waals surface area contributed by atoms with Crippen molar-refractivity contribution >= 4 is 39.7 Å². The summed E-state index contributed by atoms with van der Waals surface area (Å²) < 4.78 is 0. The van der Waals surface area contributed by atoms with Crippen molar-refractivity contribution in [3.8, 4) is 11.3 Å². The lowest BCUT2D eigenvalue weighted by atomic mass is 10.0. The number of benzene rings is 2. The summed E-state index contributed by atoms with van der Waals surface area (Å²) in [6.07, 6.45) is 2.28. The third kappa shape index (κ3) is 4.41. The first-order valence-electron chi connectivity index (χ1n) is 9.65. The Morgan fingerprint density at radius 3 is 2.77 bits per heavy atom. The number of fused-ring (bicyclic) bond motifs is 1. The van der Waals surface area contributed by atoms with E-state index < -0.39 is 6.04 Å². The number of carbonyl (C=O) groups is 2. The van der Waals surface area contributed by atoms with Crippen molar-refractivity contribution < 1.29 is 9.59 Å². The van der Waals surface area contributed by atoms with E-state index >= 15 is 0 Å². The van der Waals surface area contributed by atoms with Gasteiger partial charge in [-0.1, -0.05) is 30.3 Å². The largest absolute Gasteiger partial charge is 0.361 e. The number of para-hydroxylation sites is 1. The number of nitrogens with one attached hydrogen (secondary N) is 3. The van der Waals surface area contributed by atoms with Crippen molar-refractivity contribution in [1.29, 1.82) is 0 Å². The van der Waals surface area contributed by atoms with Gasteiger partial charge < -0.3 is 15.6 Å². The number of amides is 2. The van der Waals surface area contributed by atoms with Crippen LogP contribution in [0.15, 0.2) is 60.1 Å². The Balaban J connectivity index is 1.55. The van der Waals surface area contributed by atoms with Gasteiger partial charge in [0.2, 0.25) is 11.8 Å². The van der Waals surface area contributed by atoms with Crippen LogP contribution in [0.4, 0.5) is 5.69 Å². The second kappa shape index (κ2) is 8.51. The van der Waals surface area contributed by atoms with Crippen LogP contribution in [0.3, 0.4) is 0 Å². The first-order chi connectivity index (χ1) is 14.5. The number of thiazole rings is 1. The van der Waals surface area contributed by atoms with E-state index in [1.807, 2.05) is 67.0 Å². The maximum atomic E-state index is 13.0. The summed E-state index contributed by atoms with van der Waals surface area (Å²) in [4.78, 5) is 32.5. The van der Waals surface area contributed by atoms with Gasteiger partial charge in [-0.05, 0) is 30.7 Å². The number of anilines is 1. The van der Waals surface area contributed by atoms with Crippen LogP contribution in [0.5, 0.6) is 0 Å². The van der Waals surface area contributed by atoms with Crippen LogP contribution in [-0.4, -0.2) is 27.8 Å². The smallest absolute Gasteiger partial charge is 0.247 e. The minimum atomic E-state index is -0.688. The number of hydrogen-bond acceptors (Lipinski definition) is 4. The molecule has 0 aliphatic rings. The van der Waals surface area contributed by atoms with Crippen molar-refractivity contribution in [2.24, 2.45) is 0 Å². The number of rotatable bonds is 6. The van der Waals surface area contributed by atoms with Crippen molar-refractivity contribution in [2.45, 2.75) is 26.3 Å². The SMILES string of the molecule is CC(=O)NC(Cc1c[nH]c2ccccc12)C(=O)Nc1cccc(-c2csc(C)n2)c1. The molecule has 3 N–H and O–H groups in total. The molecule has 2 amide bonds. The van der Waals surface area contributed by atoms with E-state index in [1.165, 1.54) is 6.92 Å². The van der Waals surface area contributed by atoms with E-state index in [9.17, 15) is 9.59 Å². The molecule has 0 aliphatic carbocycles. The highest BCUT2D eigenvalue weighted by molar-refractivity contribution is 7.09. The van der Waals surface area contributed by atoms with E-state index in [0.29, 0.717) is 12.1 Å². The first-order valence-corrected chi connectivity index (χ1v) is 10.5. The number of carbonyl (C=O) groups excluding carboxylic acids is 2. The molecule has 1 unspecified atom stereocenters. The monoisotopic (exact) mass is 418 g/mol. The minimum absolute atomic E-state index is 0.248. The molecule has 0 aliphatic heterocycles. The Bertz CT molecular complexity index is 1210. The fourth-order valence-electron chi connectivity index (χ4n) is 3.46. The zero-order chi connectivity index (χ0) is 21.1. The maximum Gasteiger partial charge on any atom is 0.247 e. The van der Waals surface area contributed by atoms with Crippen LogP contribution >= 0.6 is 11.3 Å². The van der Waals surface area contributed by atoms with E-state index in [0.717, 1.165) is 32.7 Å². The fourth-order valence-corrected chi connectivity index (χ4v) is 4.08. The van der Waals surface area contributed by atoms with E-state index in [4.69, 9.17) is 0 Å². The lowest BCUT2D eigenvalue weighted by Crippen LogP contribution is -2.44. The second-order valence-electron chi connectivity index (χ2n) is 7.14. The van der Waals surface area contributed by atoms with Gasteiger partial charge in [0, 0.05) is 47.1 Å². The molecular formula is C23H22N4O2S. The standard InChI is InChI=1S/C23H22N4O2S/c1-14(28)25-21(11-17-12-24-20-9-4-3-8-19(17)20)23(29)27-18-7-5-6-16(10-18)22-13-30-15(2)26-22/h3-10,12-13,21,24H,11H2,1-2H3,(H,25,28)(H,27,29). The third-order valence-electron chi connectivity index (χ3n) is 4.84. The molecule has 2 aromatic carbocycles. The van der Waals surface area contributed by atoms with Crippen LogP contribution in [0.2, 0.25) is 0 Å². The molecule has 1 atom stereocenters. The number of aryl methyl sites for hydroxylation is 1. The van der Waals surface area contributed by atoms with Crippen molar-refractivity contribution in [2.75, 3.05) is 5.32 Å². The number of hydrogen-bond donors (Lipinski definition) is 3. The first kappa shape index (κ1) is 19.8. The zero-order valence-corrected chi connectivity index (χ0v) is 17.5. The van der Waals surface area contributed by atoms with Crippen molar-refractivity contribution in [3.63, 3.8) is 0 Å². The van der Waals surface area contributed by atoms with Crippen LogP contribution in [-0.2, 0) is 16.0 Å². The van der Waals surface area contributed by atoms with E-state index in [1.54, 1.807) is 11.3 Å². The Kier molecular flexibility index (Phi) is 5.63. The van der Waals surface area contributed by atoms with Gasteiger partial charge in [-0.2, -0.15) is 0 Å². The van der Waals surface area contributed by atoms with Gasteiger partial charge in [-0.3, -0.25) is 9.59 Å². The molecule has 4 rings (SSSR count). The van der Waals surface area contributed by atoms with Gasteiger partial charge in [0.15, 0.2) is 0 Å². The molecular weight excluding hydrogens is 396 g/mol. The van der Waals surface area contributed by atoms with Gasteiger partial charge in [0.25, 0.3) is 0 Å². The van der Waals surface area contributed by atoms with Crippen LogP contribution < -0.4 is 10.6 Å². The molecule has 4 aromatic rings. The molecule has 2 aromatic heterocycles. The summed E-state index contributed by atoms with van der Waals surface area (Å²) in [6, 6.07) is 14.8. The van der Waals surface area contributed by atoms with Crippen LogP contribution in [0.25, 0.3) is 22.2 Å². The number of H-pyrrole nitrogens is 1. The molecule has 0 radical (unpaired) electrons. The summed E-state index contributed by atoms with van der Waals surface area (Å²) in [7, 11) is 0. The Morgan fingerprint density at radius 2 is 2.00 bits per heavy atom. The van der Waals surface area contributed by atoms with Crippen molar-refractivity contribution in [1.82, 2.24) is 15.3 Å². The number of nitrogens with zero attached hydrogens (tertiary/aromatic N) is 1. The highest BCUT2D eigenvalue weighted by Gasteiger charge is 2.22. The highest BCUT2D eigenvalue weighted by atomic mass is 32.1. The Hall–Kier alpha value is -3.45. The topological polar surface area (TPSA) is 86.9 Å². The molecule has 2 heterocycles. The molecule has 30 heavy (non-hydrogen) atoms. The minimum Gasteiger partial charge on any atom is -0.361 e. The molecule has 0 fully saturated rings. The predicted octanol–water partition coefficient (Wildman–Crippen LogP) is 4.29. The average molecular weight is 419 g/mol. The molecule has 152 valence electrons. The molecule has 7 heteroatoms. The van der Waals surface area contributed by atoms with Gasteiger partial charge in [-0.15, -0.1) is 11.3 Å². The van der Waals surface area contributed by atoms with Gasteiger partial charge in [0.05, 0.1) is 10.7 Å². The van der Waals surface area contributed by atoms with Crippen molar-refractivity contribution in [3.05, 3.63) is 70.7 Å². The molecule has 0 spiro atoms. The molecule has 0 bridgehead atoms. The quantitative estimate of drug-likeness (QED) is 0.437. The normalized spacial score (nSPS) is 11.9. The van der Waals surface area contributed by atoms with E-state index in [-0.39, 0.29) is 11.8 Å². The Morgan fingerprint density at radius 1 is 1.17 bits per heavy atom. The van der Waals surface area contributed by atoms with E-state index in [2.05, 4.69) is 20.6 Å². The number of aromatic nitrogens is 2. The van der Waals surface area contributed by atoms with Gasteiger partial charge in [0.1, 0.15) is 6.04 Å². The Labute approximate surface area is 178 Å². The maximum absolute atomic E-state index is 13.0. The summed E-state index contributed by atoms with van der Waals surface area (Å²) in [5, 5.41) is 9.74. The molecule has 6 nitrogen and oxygen atoms in total. The van der Waals surface area contributed by atoms with Gasteiger partial charge in [-0.25, -0.2) is 4.98 Å². The molecule has 0 saturated heterocycles. The molecule has 0 saturated carbocycles. The third-order valence-corrected chi connectivity index (χ3v) is 5.61. The number of aromatic amines is 1. The van der Waals surface area contributed by atoms with Gasteiger partial charge >= 0.3 is 0 Å². The lowest BCUT2D eigenvalue weighted by molar-refractivity contribution is -0.125. The fraction of sp³-hybridized carbons (Fsp3) is 0.174. The second-order valence-corrected chi connectivity index (χ2v) is 8.20. The van der Waals surface area contributed by atoms with Crippen LogP contribution in [0, 0.1) is 6.92 Å². The highest BCUT2D eigenvalue weighted by Crippen LogP contribution is 2.25. The van der Waals surface area contributed by atoms with Crippen LogP contribution in [0.1, 0.15) is 17.5 Å². The summed E-state index contributed by atoms with van der Waals surface area (Å²) in [5.74, 6) is -0.510. The summed E-state index contributed by atoms with van der Waals surface area (Å²) in [6.45, 7) is 3.38. The lowest BCUT2D eigenvalue weighted by Gasteiger charge is -2.18. The zero-order valence-electron chi connectivity index (χ0n) is 16.7.